The Bertz CT molecular complexity index is 983. The molecule has 8 heteroatoms. The van der Waals surface area contributed by atoms with Gasteiger partial charge in [-0.15, -0.1) is 0 Å². The largest absolute Gasteiger partial charge is 0.494 e. The van der Waals surface area contributed by atoms with Gasteiger partial charge in [-0.2, -0.15) is 0 Å². The van der Waals surface area contributed by atoms with E-state index in [4.69, 9.17) is 4.74 Å². The molecule has 0 spiro atoms. The van der Waals surface area contributed by atoms with Gasteiger partial charge in [0.25, 0.3) is 0 Å². The van der Waals surface area contributed by atoms with Crippen molar-refractivity contribution in [2.45, 2.75) is 20.3 Å². The average Bonchev–Trinajstić information content (AvgIpc) is 3.03. The molecule has 3 amide bonds. The molecular weight excluding hydrogens is 364 g/mol. The summed E-state index contributed by atoms with van der Waals surface area (Å²) in [5.41, 5.74) is 3.12. The Labute approximate surface area is 160 Å². The van der Waals surface area contributed by atoms with Crippen molar-refractivity contribution in [2.75, 3.05) is 23.1 Å². The van der Waals surface area contributed by atoms with Crippen molar-refractivity contribution in [3.05, 3.63) is 42.0 Å². The molecule has 0 radical (unpaired) electrons. The van der Waals surface area contributed by atoms with Crippen LogP contribution in [0.25, 0.3) is 10.2 Å². The van der Waals surface area contributed by atoms with Crippen LogP contribution in [0, 0.1) is 0 Å². The lowest BCUT2D eigenvalue weighted by atomic mass is 10.1. The van der Waals surface area contributed by atoms with E-state index in [0.717, 1.165) is 11.1 Å². The molecule has 0 saturated carbocycles. The number of anilines is 3. The lowest BCUT2D eigenvalue weighted by Gasteiger charge is -2.10. The predicted octanol–water partition coefficient (Wildman–Crippen LogP) is 4.47. The van der Waals surface area contributed by atoms with Crippen molar-refractivity contribution in [3.8, 4) is 5.75 Å². The van der Waals surface area contributed by atoms with Crippen LogP contribution in [0.4, 0.5) is 21.3 Å². The summed E-state index contributed by atoms with van der Waals surface area (Å²) in [6, 6.07) is 10.8. The molecule has 0 aliphatic carbocycles. The molecule has 0 aliphatic heterocycles. The van der Waals surface area contributed by atoms with Gasteiger partial charge in [0.15, 0.2) is 5.13 Å². The van der Waals surface area contributed by atoms with E-state index in [0.29, 0.717) is 27.8 Å². The molecule has 3 rings (SSSR count). The predicted molar refractivity (Wildman–Crippen MR) is 109 cm³/mol. The Morgan fingerprint density at radius 1 is 1.07 bits per heavy atom. The van der Waals surface area contributed by atoms with E-state index in [1.54, 1.807) is 12.1 Å². The quantitative estimate of drug-likeness (QED) is 0.605. The Hall–Kier alpha value is -3.13. The third-order valence-electron chi connectivity index (χ3n) is 3.84. The summed E-state index contributed by atoms with van der Waals surface area (Å²) in [5, 5.41) is 8.74. The number of carbonyl (C=O) groups is 2. The van der Waals surface area contributed by atoms with Crippen LogP contribution < -0.4 is 20.7 Å². The van der Waals surface area contributed by atoms with Crippen molar-refractivity contribution in [3.63, 3.8) is 0 Å². The van der Waals surface area contributed by atoms with Gasteiger partial charge in [0.2, 0.25) is 5.91 Å². The first-order valence-electron chi connectivity index (χ1n) is 8.41. The first-order chi connectivity index (χ1) is 13.0. The van der Waals surface area contributed by atoms with Crippen LogP contribution in [-0.2, 0) is 11.2 Å². The van der Waals surface area contributed by atoms with Crippen molar-refractivity contribution >= 4 is 50.0 Å². The maximum Gasteiger partial charge on any atom is 0.323 e. The number of benzene rings is 2. The number of urea groups is 1. The topological polar surface area (TPSA) is 92.3 Å². The minimum Gasteiger partial charge on any atom is -0.494 e. The average molecular weight is 384 g/mol. The van der Waals surface area contributed by atoms with Crippen molar-refractivity contribution in [2.24, 2.45) is 0 Å². The molecule has 3 N–H and O–H groups in total. The van der Waals surface area contributed by atoms with Crippen molar-refractivity contribution in [1.29, 1.82) is 0 Å². The van der Waals surface area contributed by atoms with E-state index >= 15 is 0 Å². The summed E-state index contributed by atoms with van der Waals surface area (Å²) in [7, 11) is 1.53. The second-order valence-corrected chi connectivity index (χ2v) is 6.89. The van der Waals surface area contributed by atoms with Gasteiger partial charge in [0.1, 0.15) is 11.3 Å². The third-order valence-corrected chi connectivity index (χ3v) is 4.76. The summed E-state index contributed by atoms with van der Waals surface area (Å²) in [6.45, 7) is 3.50. The Balaban J connectivity index is 1.78. The number of thiazole rings is 1. The van der Waals surface area contributed by atoms with Gasteiger partial charge in [-0.25, -0.2) is 9.78 Å². The summed E-state index contributed by atoms with van der Waals surface area (Å²) in [6.07, 6.45) is 0.946. The number of hydrogen-bond acceptors (Lipinski definition) is 5. The third kappa shape index (κ3) is 4.53. The molecule has 27 heavy (non-hydrogen) atoms. The molecule has 0 bridgehead atoms. The van der Waals surface area contributed by atoms with E-state index in [9.17, 15) is 9.59 Å². The zero-order valence-electron chi connectivity index (χ0n) is 15.3. The van der Waals surface area contributed by atoms with Gasteiger partial charge >= 0.3 is 6.03 Å². The summed E-state index contributed by atoms with van der Waals surface area (Å²) in [4.78, 5) is 27.9. The number of rotatable bonds is 5. The minimum absolute atomic E-state index is 0.195. The Kier molecular flexibility index (Phi) is 5.56. The smallest absolute Gasteiger partial charge is 0.323 e. The Morgan fingerprint density at radius 3 is 2.41 bits per heavy atom. The molecule has 0 fully saturated rings. The molecule has 3 aromatic rings. The highest BCUT2D eigenvalue weighted by Crippen LogP contribution is 2.35. The number of fused-ring (bicyclic) bond motifs is 1. The van der Waals surface area contributed by atoms with Crippen LogP contribution in [0.5, 0.6) is 5.75 Å². The van der Waals surface area contributed by atoms with Crippen LogP contribution in [-0.4, -0.2) is 24.0 Å². The lowest BCUT2D eigenvalue weighted by molar-refractivity contribution is -0.114. The molecule has 140 valence electrons. The summed E-state index contributed by atoms with van der Waals surface area (Å²) < 4.78 is 6.16. The van der Waals surface area contributed by atoms with E-state index in [-0.39, 0.29) is 11.9 Å². The highest BCUT2D eigenvalue weighted by Gasteiger charge is 2.13. The SMILES string of the molecule is CCc1ccc(NC(=O)Nc2cc(OC)c3nc(NC(C)=O)sc3c2)cc1. The van der Waals surface area contributed by atoms with Gasteiger partial charge in [-0.1, -0.05) is 30.4 Å². The maximum absolute atomic E-state index is 12.3. The molecule has 0 aliphatic rings. The molecule has 1 heterocycles. The highest BCUT2D eigenvalue weighted by molar-refractivity contribution is 7.22. The van der Waals surface area contributed by atoms with E-state index in [1.165, 1.54) is 30.9 Å². The molecule has 0 atom stereocenters. The number of hydrogen-bond donors (Lipinski definition) is 3. The van der Waals surface area contributed by atoms with Gasteiger partial charge < -0.3 is 20.7 Å². The molecule has 1 aromatic heterocycles. The molecule has 0 unspecified atom stereocenters. The van der Waals surface area contributed by atoms with Gasteiger partial charge in [-0.05, 0) is 30.2 Å². The van der Waals surface area contributed by atoms with E-state index in [1.807, 2.05) is 24.3 Å². The van der Waals surface area contributed by atoms with E-state index < -0.39 is 0 Å². The summed E-state index contributed by atoms with van der Waals surface area (Å²) >= 11 is 1.31. The number of nitrogens with one attached hydrogen (secondary N) is 3. The second-order valence-electron chi connectivity index (χ2n) is 5.86. The monoisotopic (exact) mass is 384 g/mol. The van der Waals surface area contributed by atoms with Crippen molar-refractivity contribution in [1.82, 2.24) is 4.98 Å². The first kappa shape index (κ1) is 18.7. The molecular formula is C19H20N4O3S. The fourth-order valence-corrected chi connectivity index (χ4v) is 3.52. The number of aryl methyl sites for hydroxylation is 1. The zero-order valence-corrected chi connectivity index (χ0v) is 16.1. The summed E-state index contributed by atoms with van der Waals surface area (Å²) in [5.74, 6) is 0.322. The molecule has 0 saturated heterocycles. The lowest BCUT2D eigenvalue weighted by Crippen LogP contribution is -2.19. The molecule has 7 nitrogen and oxygen atoms in total. The highest BCUT2D eigenvalue weighted by atomic mass is 32.1. The normalized spacial score (nSPS) is 10.5. The van der Waals surface area contributed by atoms with Crippen LogP contribution in [0.1, 0.15) is 19.4 Å². The van der Waals surface area contributed by atoms with Gasteiger partial charge in [0, 0.05) is 24.4 Å². The fraction of sp³-hybridized carbons (Fsp3) is 0.211. The van der Waals surface area contributed by atoms with Crippen LogP contribution in [0.15, 0.2) is 36.4 Å². The zero-order chi connectivity index (χ0) is 19.4. The number of amides is 3. The number of aromatic nitrogens is 1. The number of ether oxygens (including phenoxy) is 1. The van der Waals surface area contributed by atoms with Gasteiger partial charge in [-0.3, -0.25) is 4.79 Å². The van der Waals surface area contributed by atoms with Crippen LogP contribution >= 0.6 is 11.3 Å². The Morgan fingerprint density at radius 2 is 1.78 bits per heavy atom. The molecule has 2 aromatic carbocycles. The number of carbonyl (C=O) groups excluding carboxylic acids is 2. The first-order valence-corrected chi connectivity index (χ1v) is 9.23. The second kappa shape index (κ2) is 8.05. The standard InChI is InChI=1S/C19H20N4O3S/c1-4-12-5-7-13(8-6-12)21-18(25)22-14-9-15(26-3)17-16(10-14)27-19(23-17)20-11(2)24/h5-10H,4H2,1-3H3,(H,20,23,24)(H2,21,22,25). The van der Waals surface area contributed by atoms with Gasteiger partial charge in [0.05, 0.1) is 11.8 Å². The minimum atomic E-state index is -0.354. The van der Waals surface area contributed by atoms with Crippen molar-refractivity contribution < 1.29 is 14.3 Å². The maximum atomic E-state index is 12.3. The number of nitrogens with zero attached hydrogens (tertiary/aromatic N) is 1. The van der Waals surface area contributed by atoms with Crippen LogP contribution in [0.2, 0.25) is 0 Å². The van der Waals surface area contributed by atoms with Crippen LogP contribution in [0.3, 0.4) is 0 Å². The van der Waals surface area contributed by atoms with E-state index in [2.05, 4.69) is 27.9 Å². The fourth-order valence-electron chi connectivity index (χ4n) is 2.55. The number of methoxy groups -OCH3 is 1.